The van der Waals surface area contributed by atoms with Crippen LogP contribution in [0.15, 0.2) is 0 Å². The molecule has 130 valence electrons. The Balaban J connectivity index is 1.41. The molecule has 3 aliphatic heterocycles. The molecule has 0 unspecified atom stereocenters. The largest absolute Gasteiger partial charge is 0.371 e. The predicted molar refractivity (Wildman–Crippen MR) is 87.9 cm³/mol. The van der Waals surface area contributed by atoms with E-state index < -0.39 is 0 Å². The van der Waals surface area contributed by atoms with Crippen LogP contribution in [0.25, 0.3) is 0 Å². The fourth-order valence-electron chi connectivity index (χ4n) is 3.98. The standard InChI is InChI=1S/C18H30N2O3/c1-14(2)9-17(22)20-12-18(13-20)7-6-15(11-23-18)10-19-8-4-3-5-16(19)21/h14-15H,3-13H2,1-2H3/t15-/m0/s1. The first kappa shape index (κ1) is 16.7. The first-order valence-electron chi connectivity index (χ1n) is 9.17. The zero-order valence-corrected chi connectivity index (χ0v) is 14.6. The van der Waals surface area contributed by atoms with Gasteiger partial charge < -0.3 is 14.5 Å². The van der Waals surface area contributed by atoms with E-state index in [0.29, 0.717) is 30.6 Å². The number of hydrogen-bond acceptors (Lipinski definition) is 3. The minimum absolute atomic E-state index is 0.0882. The van der Waals surface area contributed by atoms with Crippen LogP contribution in [0.4, 0.5) is 0 Å². The molecule has 0 bridgehead atoms. The fraction of sp³-hybridized carbons (Fsp3) is 0.889. The summed E-state index contributed by atoms with van der Waals surface area (Å²) in [6, 6.07) is 0. The van der Waals surface area contributed by atoms with E-state index in [4.69, 9.17) is 4.74 Å². The average Bonchev–Trinajstić information content (AvgIpc) is 2.47. The molecule has 3 fully saturated rings. The molecule has 3 heterocycles. The van der Waals surface area contributed by atoms with Crippen molar-refractivity contribution in [2.75, 3.05) is 32.8 Å². The summed E-state index contributed by atoms with van der Waals surface area (Å²) in [6.07, 6.45) is 5.65. The van der Waals surface area contributed by atoms with Crippen molar-refractivity contribution < 1.29 is 14.3 Å². The van der Waals surface area contributed by atoms with Gasteiger partial charge in [-0.15, -0.1) is 0 Å². The molecule has 0 saturated carbocycles. The van der Waals surface area contributed by atoms with E-state index >= 15 is 0 Å². The Kier molecular flexibility index (Phi) is 4.95. The van der Waals surface area contributed by atoms with Gasteiger partial charge in [-0.25, -0.2) is 0 Å². The molecular weight excluding hydrogens is 292 g/mol. The van der Waals surface area contributed by atoms with Crippen LogP contribution in [0.1, 0.15) is 52.4 Å². The van der Waals surface area contributed by atoms with Crippen molar-refractivity contribution in [2.45, 2.75) is 58.0 Å². The molecule has 5 heteroatoms. The third-order valence-electron chi connectivity index (χ3n) is 5.43. The summed E-state index contributed by atoms with van der Waals surface area (Å²) in [5.41, 5.74) is -0.0882. The third kappa shape index (κ3) is 3.87. The number of piperidine rings is 1. The van der Waals surface area contributed by atoms with Gasteiger partial charge in [0.05, 0.1) is 19.7 Å². The molecule has 2 amide bonds. The maximum absolute atomic E-state index is 12.1. The van der Waals surface area contributed by atoms with Crippen molar-refractivity contribution in [3.05, 3.63) is 0 Å². The number of likely N-dealkylation sites (tertiary alicyclic amines) is 2. The highest BCUT2D eigenvalue weighted by Gasteiger charge is 2.48. The van der Waals surface area contributed by atoms with E-state index in [9.17, 15) is 9.59 Å². The molecule has 3 aliphatic rings. The Hall–Kier alpha value is -1.10. The van der Waals surface area contributed by atoms with E-state index in [0.717, 1.165) is 58.5 Å². The minimum atomic E-state index is -0.0882. The molecule has 0 aromatic rings. The highest BCUT2D eigenvalue weighted by Crippen LogP contribution is 2.37. The van der Waals surface area contributed by atoms with Crippen molar-refractivity contribution in [1.82, 2.24) is 9.80 Å². The highest BCUT2D eigenvalue weighted by molar-refractivity contribution is 5.77. The summed E-state index contributed by atoms with van der Waals surface area (Å²) in [4.78, 5) is 27.9. The summed E-state index contributed by atoms with van der Waals surface area (Å²) in [5.74, 6) is 1.45. The molecule has 0 aromatic heterocycles. The van der Waals surface area contributed by atoms with Gasteiger partial charge in [-0.3, -0.25) is 9.59 Å². The van der Waals surface area contributed by atoms with Gasteiger partial charge in [0, 0.05) is 31.8 Å². The van der Waals surface area contributed by atoms with Crippen molar-refractivity contribution in [3.8, 4) is 0 Å². The number of rotatable bonds is 4. The molecule has 0 N–H and O–H groups in total. The first-order valence-corrected chi connectivity index (χ1v) is 9.17. The predicted octanol–water partition coefficient (Wildman–Crippen LogP) is 2.05. The number of carbonyl (C=O) groups excluding carboxylic acids is 2. The van der Waals surface area contributed by atoms with Gasteiger partial charge in [0.2, 0.25) is 11.8 Å². The molecule has 23 heavy (non-hydrogen) atoms. The van der Waals surface area contributed by atoms with Crippen LogP contribution in [-0.2, 0) is 14.3 Å². The number of ether oxygens (including phenoxy) is 1. The Bertz CT molecular complexity index is 447. The van der Waals surface area contributed by atoms with Crippen LogP contribution in [0.2, 0.25) is 0 Å². The highest BCUT2D eigenvalue weighted by atomic mass is 16.5. The molecule has 1 spiro atoms. The maximum Gasteiger partial charge on any atom is 0.223 e. The number of nitrogens with zero attached hydrogens (tertiary/aromatic N) is 2. The van der Waals surface area contributed by atoms with Crippen LogP contribution < -0.4 is 0 Å². The molecule has 0 radical (unpaired) electrons. The van der Waals surface area contributed by atoms with Gasteiger partial charge >= 0.3 is 0 Å². The topological polar surface area (TPSA) is 49.9 Å². The van der Waals surface area contributed by atoms with Crippen LogP contribution >= 0.6 is 0 Å². The smallest absolute Gasteiger partial charge is 0.223 e. The fourth-order valence-corrected chi connectivity index (χ4v) is 3.98. The van der Waals surface area contributed by atoms with Gasteiger partial charge in [0.1, 0.15) is 5.60 Å². The Morgan fingerprint density at radius 2 is 2.13 bits per heavy atom. The maximum atomic E-state index is 12.1. The molecule has 3 rings (SSSR count). The minimum Gasteiger partial charge on any atom is -0.371 e. The normalized spacial score (nSPS) is 27.4. The van der Waals surface area contributed by atoms with Crippen molar-refractivity contribution in [2.24, 2.45) is 11.8 Å². The van der Waals surface area contributed by atoms with E-state index in [1.54, 1.807) is 0 Å². The number of hydrogen-bond donors (Lipinski definition) is 0. The average molecular weight is 322 g/mol. The third-order valence-corrected chi connectivity index (χ3v) is 5.43. The SMILES string of the molecule is CC(C)CC(=O)N1CC2(CC[C@@H](CN3CCCCC3=O)CO2)C1. The lowest BCUT2D eigenvalue weighted by Crippen LogP contribution is -2.66. The molecule has 0 aliphatic carbocycles. The van der Waals surface area contributed by atoms with Crippen LogP contribution in [-0.4, -0.2) is 60.0 Å². The summed E-state index contributed by atoms with van der Waals surface area (Å²) in [7, 11) is 0. The quantitative estimate of drug-likeness (QED) is 0.796. The summed E-state index contributed by atoms with van der Waals surface area (Å²) < 4.78 is 6.14. The Morgan fingerprint density at radius 3 is 2.74 bits per heavy atom. The zero-order chi connectivity index (χ0) is 16.4. The summed E-state index contributed by atoms with van der Waals surface area (Å²) in [5, 5.41) is 0. The Labute approximate surface area is 139 Å². The Morgan fingerprint density at radius 1 is 1.35 bits per heavy atom. The number of carbonyl (C=O) groups is 2. The second-order valence-corrected chi connectivity index (χ2v) is 8.04. The lowest BCUT2D eigenvalue weighted by atomic mass is 9.82. The molecule has 3 saturated heterocycles. The monoisotopic (exact) mass is 322 g/mol. The molecular formula is C18H30N2O3. The number of amides is 2. The van der Waals surface area contributed by atoms with Gasteiger partial charge in [-0.05, 0) is 31.6 Å². The van der Waals surface area contributed by atoms with Crippen molar-refractivity contribution in [3.63, 3.8) is 0 Å². The van der Waals surface area contributed by atoms with Gasteiger partial charge in [0.25, 0.3) is 0 Å². The van der Waals surface area contributed by atoms with E-state index in [-0.39, 0.29) is 11.5 Å². The second kappa shape index (κ2) is 6.80. The lowest BCUT2D eigenvalue weighted by molar-refractivity contribution is -0.190. The van der Waals surface area contributed by atoms with Crippen molar-refractivity contribution in [1.29, 1.82) is 0 Å². The van der Waals surface area contributed by atoms with E-state index in [1.165, 1.54) is 0 Å². The van der Waals surface area contributed by atoms with Gasteiger partial charge in [-0.1, -0.05) is 13.8 Å². The van der Waals surface area contributed by atoms with E-state index in [1.807, 2.05) is 9.80 Å². The molecule has 5 nitrogen and oxygen atoms in total. The van der Waals surface area contributed by atoms with Gasteiger partial charge in [0.15, 0.2) is 0 Å². The van der Waals surface area contributed by atoms with E-state index in [2.05, 4.69) is 13.8 Å². The summed E-state index contributed by atoms with van der Waals surface area (Å²) >= 11 is 0. The zero-order valence-electron chi connectivity index (χ0n) is 14.6. The van der Waals surface area contributed by atoms with Crippen molar-refractivity contribution >= 4 is 11.8 Å². The first-order chi connectivity index (χ1) is 11.0. The summed E-state index contributed by atoms with van der Waals surface area (Å²) in [6.45, 7) is 8.18. The molecule has 1 atom stereocenters. The van der Waals surface area contributed by atoms with Crippen LogP contribution in [0.5, 0.6) is 0 Å². The molecule has 0 aromatic carbocycles. The van der Waals surface area contributed by atoms with Crippen LogP contribution in [0.3, 0.4) is 0 Å². The van der Waals surface area contributed by atoms with Gasteiger partial charge in [-0.2, -0.15) is 0 Å². The lowest BCUT2D eigenvalue weighted by Gasteiger charge is -2.53. The second-order valence-electron chi connectivity index (χ2n) is 8.04. The van der Waals surface area contributed by atoms with Crippen LogP contribution in [0, 0.1) is 11.8 Å².